The van der Waals surface area contributed by atoms with E-state index in [0.29, 0.717) is 5.56 Å². The van der Waals surface area contributed by atoms with Gasteiger partial charge in [-0.3, -0.25) is 14.4 Å². The van der Waals surface area contributed by atoms with Gasteiger partial charge in [0, 0.05) is 12.8 Å². The minimum Gasteiger partial charge on any atom is -0.468 e. The molecule has 0 fully saturated rings. The molecule has 10 nitrogen and oxygen atoms in total. The molecule has 0 aliphatic rings. The Morgan fingerprint density at radius 3 is 1.90 bits per heavy atom. The lowest BCUT2D eigenvalue weighted by atomic mass is 9.88. The molecule has 4 atom stereocenters. The van der Waals surface area contributed by atoms with Crippen molar-refractivity contribution in [1.29, 1.82) is 0 Å². The van der Waals surface area contributed by atoms with Crippen LogP contribution in [-0.2, 0) is 35.0 Å². The number of nitrogens with two attached hydrogens (primary N) is 1. The Labute approximate surface area is 238 Å². The molecule has 0 aromatic heterocycles. The van der Waals surface area contributed by atoms with Gasteiger partial charge in [0.2, 0.25) is 0 Å². The van der Waals surface area contributed by atoms with Crippen LogP contribution in [0.5, 0.6) is 11.5 Å². The Morgan fingerprint density at radius 1 is 0.850 bits per heavy atom. The maximum atomic E-state index is 12.8. The second-order valence-electron chi connectivity index (χ2n) is 11.2. The van der Waals surface area contributed by atoms with Crippen molar-refractivity contribution in [1.82, 2.24) is 0 Å². The highest BCUT2D eigenvalue weighted by Crippen LogP contribution is 2.32. The number of esters is 3. The topological polar surface area (TPSA) is 140 Å². The summed E-state index contributed by atoms with van der Waals surface area (Å²) >= 11 is 0. The molecule has 0 aliphatic heterocycles. The van der Waals surface area contributed by atoms with Crippen LogP contribution in [0.2, 0.25) is 0 Å². The number of benzene rings is 1. The minimum absolute atomic E-state index is 0.0236. The summed E-state index contributed by atoms with van der Waals surface area (Å²) in [6.45, 7) is 15.1. The zero-order valence-corrected chi connectivity index (χ0v) is 25.4. The first-order valence-corrected chi connectivity index (χ1v) is 13.9. The highest BCUT2D eigenvalue weighted by molar-refractivity contribution is 5.81. The Morgan fingerprint density at radius 2 is 1.40 bits per heavy atom. The SMILES string of the molecule is CC[C@H](C)COC(=O)OCCC(N)(Cc1ccc(OC(=O)C(C)C(C)C)c(OC(=O)C(C)C(C)C)c1)C(=O)OC. The molecule has 0 bridgehead atoms. The van der Waals surface area contributed by atoms with Crippen molar-refractivity contribution in [2.24, 2.45) is 35.3 Å². The molecule has 1 rings (SSSR count). The Bertz CT molecular complexity index is 1010. The molecule has 0 heterocycles. The summed E-state index contributed by atoms with van der Waals surface area (Å²) in [5.74, 6) is -2.07. The Hall–Kier alpha value is -3.14. The fraction of sp³-hybridized carbons (Fsp3) is 0.667. The molecule has 0 saturated carbocycles. The lowest BCUT2D eigenvalue weighted by Crippen LogP contribution is -2.51. The predicted molar refractivity (Wildman–Crippen MR) is 150 cm³/mol. The van der Waals surface area contributed by atoms with Gasteiger partial charge in [0.05, 0.1) is 32.2 Å². The van der Waals surface area contributed by atoms with Crippen LogP contribution in [0.4, 0.5) is 4.79 Å². The van der Waals surface area contributed by atoms with E-state index in [2.05, 4.69) is 0 Å². The van der Waals surface area contributed by atoms with Crippen LogP contribution in [0.15, 0.2) is 18.2 Å². The van der Waals surface area contributed by atoms with E-state index in [4.69, 9.17) is 29.4 Å². The van der Waals surface area contributed by atoms with Gasteiger partial charge in [0.15, 0.2) is 11.5 Å². The second-order valence-corrected chi connectivity index (χ2v) is 11.2. The maximum Gasteiger partial charge on any atom is 0.508 e. The minimum atomic E-state index is -1.57. The van der Waals surface area contributed by atoms with Gasteiger partial charge in [-0.25, -0.2) is 4.79 Å². The third-order valence-corrected chi connectivity index (χ3v) is 7.24. The zero-order valence-electron chi connectivity index (χ0n) is 25.4. The summed E-state index contributed by atoms with van der Waals surface area (Å²) in [4.78, 5) is 50.0. The number of rotatable bonds is 15. The van der Waals surface area contributed by atoms with E-state index in [9.17, 15) is 19.2 Å². The molecule has 2 N–H and O–H groups in total. The number of hydrogen-bond acceptors (Lipinski definition) is 10. The Kier molecular flexibility index (Phi) is 14.1. The fourth-order valence-corrected chi connectivity index (χ4v) is 3.29. The van der Waals surface area contributed by atoms with Gasteiger partial charge in [0.25, 0.3) is 0 Å². The van der Waals surface area contributed by atoms with E-state index >= 15 is 0 Å². The highest BCUT2D eigenvalue weighted by Gasteiger charge is 2.36. The Balaban J connectivity index is 3.19. The molecule has 0 aliphatic carbocycles. The van der Waals surface area contributed by atoms with Gasteiger partial charge in [0.1, 0.15) is 5.54 Å². The quantitative estimate of drug-likeness (QED) is 0.226. The molecule has 0 saturated heterocycles. The highest BCUT2D eigenvalue weighted by atomic mass is 16.7. The van der Waals surface area contributed by atoms with Crippen molar-refractivity contribution in [3.63, 3.8) is 0 Å². The van der Waals surface area contributed by atoms with Crippen LogP contribution in [0.25, 0.3) is 0 Å². The lowest BCUT2D eigenvalue weighted by molar-refractivity contribution is -0.148. The molecule has 3 unspecified atom stereocenters. The van der Waals surface area contributed by atoms with Crippen LogP contribution in [0.3, 0.4) is 0 Å². The summed E-state index contributed by atoms with van der Waals surface area (Å²) < 4.78 is 26.4. The van der Waals surface area contributed by atoms with Gasteiger partial charge in [-0.2, -0.15) is 0 Å². The summed E-state index contributed by atoms with van der Waals surface area (Å²) in [6.07, 6.45) is -0.0847. The van der Waals surface area contributed by atoms with Crippen LogP contribution in [-0.4, -0.2) is 49.9 Å². The van der Waals surface area contributed by atoms with Gasteiger partial charge in [-0.15, -0.1) is 0 Å². The van der Waals surface area contributed by atoms with Gasteiger partial charge in [-0.05, 0) is 35.4 Å². The van der Waals surface area contributed by atoms with Crippen molar-refractivity contribution in [3.8, 4) is 11.5 Å². The zero-order chi connectivity index (χ0) is 30.6. The first-order chi connectivity index (χ1) is 18.6. The predicted octanol–water partition coefficient (Wildman–Crippen LogP) is 5.08. The maximum absolute atomic E-state index is 12.8. The summed E-state index contributed by atoms with van der Waals surface area (Å²) in [6, 6.07) is 4.64. The van der Waals surface area contributed by atoms with E-state index in [-0.39, 0.29) is 61.2 Å². The first kappa shape index (κ1) is 34.9. The summed E-state index contributed by atoms with van der Waals surface area (Å²) in [5.41, 5.74) is 5.40. The molecule has 226 valence electrons. The fourth-order valence-electron chi connectivity index (χ4n) is 3.29. The molecular formula is C30H47NO9. The van der Waals surface area contributed by atoms with Crippen molar-refractivity contribution in [3.05, 3.63) is 23.8 Å². The first-order valence-electron chi connectivity index (χ1n) is 13.9. The molecule has 10 heteroatoms. The smallest absolute Gasteiger partial charge is 0.468 e. The van der Waals surface area contributed by atoms with Gasteiger partial charge in [-0.1, -0.05) is 67.9 Å². The third kappa shape index (κ3) is 10.8. The normalized spacial score (nSPS) is 15.0. The van der Waals surface area contributed by atoms with Crippen LogP contribution >= 0.6 is 0 Å². The largest absolute Gasteiger partial charge is 0.508 e. The van der Waals surface area contributed by atoms with Crippen molar-refractivity contribution in [2.75, 3.05) is 20.3 Å². The van der Waals surface area contributed by atoms with E-state index in [1.165, 1.54) is 19.2 Å². The van der Waals surface area contributed by atoms with Crippen molar-refractivity contribution < 1.29 is 42.9 Å². The molecule has 0 amide bonds. The van der Waals surface area contributed by atoms with Crippen LogP contribution in [0.1, 0.15) is 73.8 Å². The molecule has 1 aromatic rings. The molecule has 0 radical (unpaired) electrons. The molecular weight excluding hydrogens is 518 g/mol. The summed E-state index contributed by atoms with van der Waals surface area (Å²) in [7, 11) is 1.21. The van der Waals surface area contributed by atoms with Gasteiger partial charge >= 0.3 is 24.1 Å². The lowest BCUT2D eigenvalue weighted by Gasteiger charge is -2.27. The van der Waals surface area contributed by atoms with E-state index in [1.54, 1.807) is 19.9 Å². The van der Waals surface area contributed by atoms with Gasteiger partial charge < -0.3 is 29.4 Å². The second kappa shape index (κ2) is 16.2. The average Bonchev–Trinajstić information content (AvgIpc) is 2.91. The standard InChI is InChI=1S/C30H47NO9/c1-10-20(6)17-38-29(35)37-14-13-30(31,28(34)36-9)16-23-11-12-24(39-26(32)21(7)18(2)3)25(15-23)40-27(33)22(8)19(4)5/h11-12,15,18-22H,10,13-14,16-17,31H2,1-9H3/t20-,21?,22?,30?/m0/s1. The number of carbonyl (C=O) groups excluding carboxylic acids is 4. The monoisotopic (exact) mass is 565 g/mol. The number of ether oxygens (including phenoxy) is 5. The van der Waals surface area contributed by atoms with E-state index < -0.39 is 35.5 Å². The molecule has 1 aromatic carbocycles. The molecule has 0 spiro atoms. The number of hydrogen-bond donors (Lipinski definition) is 1. The van der Waals surface area contributed by atoms with E-state index in [0.717, 1.165) is 6.42 Å². The number of carbonyl (C=O) groups is 4. The van der Waals surface area contributed by atoms with Crippen LogP contribution in [0, 0.1) is 29.6 Å². The number of methoxy groups -OCH3 is 1. The average molecular weight is 566 g/mol. The van der Waals surface area contributed by atoms with E-state index in [1.807, 2.05) is 41.5 Å². The van der Waals surface area contributed by atoms with Crippen molar-refractivity contribution >= 4 is 24.1 Å². The molecule has 40 heavy (non-hydrogen) atoms. The summed E-state index contributed by atoms with van der Waals surface area (Å²) in [5, 5.41) is 0. The van der Waals surface area contributed by atoms with Crippen molar-refractivity contribution in [2.45, 2.75) is 80.2 Å². The van der Waals surface area contributed by atoms with Crippen LogP contribution < -0.4 is 15.2 Å². The third-order valence-electron chi connectivity index (χ3n) is 7.24.